The van der Waals surface area contributed by atoms with Crippen LogP contribution in [0.15, 0.2) is 23.5 Å². The summed E-state index contributed by atoms with van der Waals surface area (Å²) < 4.78 is 12.6. The van der Waals surface area contributed by atoms with E-state index in [0.29, 0.717) is 17.7 Å². The molecule has 4 nitrogen and oxygen atoms in total. The first-order valence-corrected chi connectivity index (χ1v) is 9.49. The second-order valence-electron chi connectivity index (χ2n) is 6.40. The van der Waals surface area contributed by atoms with E-state index in [1.165, 1.54) is 0 Å². The number of nitrogens with zero attached hydrogens (tertiary/aromatic N) is 3. The lowest BCUT2D eigenvalue weighted by molar-refractivity contribution is 0.301. The van der Waals surface area contributed by atoms with Crippen LogP contribution in [-0.2, 0) is 10.8 Å². The maximum absolute atomic E-state index is 12.6. The van der Waals surface area contributed by atoms with Gasteiger partial charge in [0.05, 0.1) is 22.2 Å². The fourth-order valence-corrected chi connectivity index (χ4v) is 4.30. The number of hydrogen-bond acceptors (Lipinski definition) is 3. The predicted molar refractivity (Wildman–Crippen MR) is 93.9 cm³/mol. The maximum Gasteiger partial charge on any atom is 0.195 e. The van der Waals surface area contributed by atoms with Gasteiger partial charge in [-0.1, -0.05) is 27.2 Å². The molecule has 0 radical (unpaired) electrons. The smallest absolute Gasteiger partial charge is 0.195 e. The Morgan fingerprint density at radius 1 is 1.50 bits per heavy atom. The second-order valence-corrected chi connectivity index (χ2v) is 7.79. The zero-order valence-electron chi connectivity index (χ0n) is 14.1. The van der Waals surface area contributed by atoms with Crippen LogP contribution in [0.2, 0.25) is 0 Å². The Hall–Kier alpha value is -1.23. The molecule has 5 heteroatoms. The van der Waals surface area contributed by atoms with Crippen LogP contribution in [0.5, 0.6) is 0 Å². The highest BCUT2D eigenvalue weighted by molar-refractivity contribution is 8.00. The molecular formula is C17H27N3OS. The van der Waals surface area contributed by atoms with Crippen molar-refractivity contribution in [2.45, 2.75) is 53.0 Å². The lowest BCUT2D eigenvalue weighted by atomic mass is 10.0. The minimum Gasteiger partial charge on any atom is -0.345 e. The number of hydrogen-bond donors (Lipinski definition) is 0. The van der Waals surface area contributed by atoms with Crippen LogP contribution < -0.4 is 0 Å². The van der Waals surface area contributed by atoms with Gasteiger partial charge in [-0.05, 0) is 37.3 Å². The highest BCUT2D eigenvalue weighted by atomic mass is 32.2. The lowest BCUT2D eigenvalue weighted by Gasteiger charge is -2.26. The Balaban J connectivity index is 2.30. The quantitative estimate of drug-likeness (QED) is 0.803. The molecule has 2 rings (SSSR count). The largest absolute Gasteiger partial charge is 0.345 e. The summed E-state index contributed by atoms with van der Waals surface area (Å²) in [4.78, 5) is 11.1. The number of pyridine rings is 1. The van der Waals surface area contributed by atoms with Gasteiger partial charge in [-0.25, -0.2) is 4.99 Å². The molecule has 0 aromatic carbocycles. The van der Waals surface area contributed by atoms with Gasteiger partial charge in [0.1, 0.15) is 0 Å². The zero-order valence-corrected chi connectivity index (χ0v) is 14.9. The third kappa shape index (κ3) is 4.15. The van der Waals surface area contributed by atoms with Crippen LogP contribution in [-0.4, -0.2) is 37.6 Å². The Morgan fingerprint density at radius 3 is 2.91 bits per heavy atom. The molecule has 1 aliphatic heterocycles. The van der Waals surface area contributed by atoms with E-state index in [0.717, 1.165) is 42.2 Å². The summed E-state index contributed by atoms with van der Waals surface area (Å²) in [6.07, 6.45) is 6.87. The van der Waals surface area contributed by atoms with Crippen molar-refractivity contribution in [2.75, 3.05) is 12.3 Å². The number of amidine groups is 1. The molecule has 1 aliphatic rings. The van der Waals surface area contributed by atoms with Crippen molar-refractivity contribution in [3.05, 3.63) is 24.0 Å². The molecule has 0 amide bonds. The van der Waals surface area contributed by atoms with E-state index in [1.807, 2.05) is 13.0 Å². The van der Waals surface area contributed by atoms with Crippen LogP contribution in [0.1, 0.15) is 45.6 Å². The highest BCUT2D eigenvalue weighted by Crippen LogP contribution is 2.26. The normalized spacial score (nSPS) is 23.7. The summed E-state index contributed by atoms with van der Waals surface area (Å²) in [6, 6.07) is 2.25. The van der Waals surface area contributed by atoms with Gasteiger partial charge in [0.15, 0.2) is 5.17 Å². The number of aliphatic imine (C=N–C) groups is 1. The summed E-state index contributed by atoms with van der Waals surface area (Å²) in [6.45, 7) is 9.58. The molecular weight excluding hydrogens is 294 g/mol. The molecule has 0 saturated carbocycles. The van der Waals surface area contributed by atoms with Crippen molar-refractivity contribution in [1.82, 2.24) is 9.88 Å². The molecule has 0 spiro atoms. The number of rotatable bonds is 6. The molecule has 0 N–H and O–H groups in total. The minimum atomic E-state index is -0.994. The Bertz CT molecular complexity index is 557. The van der Waals surface area contributed by atoms with Gasteiger partial charge in [-0.15, -0.1) is 0 Å². The second kappa shape index (κ2) is 7.86. The topological polar surface area (TPSA) is 45.6 Å². The lowest BCUT2D eigenvalue weighted by Crippen LogP contribution is -2.36. The first-order valence-electron chi connectivity index (χ1n) is 8.17. The molecule has 2 atom stereocenters. The predicted octanol–water partition coefficient (Wildman–Crippen LogP) is 3.66. The van der Waals surface area contributed by atoms with Gasteiger partial charge >= 0.3 is 0 Å². The van der Waals surface area contributed by atoms with Crippen LogP contribution in [0.4, 0.5) is 5.69 Å². The molecule has 1 saturated heterocycles. The fourth-order valence-electron chi connectivity index (χ4n) is 2.78. The average molecular weight is 321 g/mol. The molecule has 1 unspecified atom stereocenters. The third-order valence-electron chi connectivity index (χ3n) is 3.94. The van der Waals surface area contributed by atoms with Crippen molar-refractivity contribution in [1.29, 1.82) is 0 Å². The third-order valence-corrected chi connectivity index (χ3v) is 5.36. The molecule has 1 aromatic heterocycles. The molecule has 0 bridgehead atoms. The van der Waals surface area contributed by atoms with Gasteiger partial charge in [0.25, 0.3) is 0 Å². The number of aryl methyl sites for hydroxylation is 1. The Morgan fingerprint density at radius 2 is 2.27 bits per heavy atom. The standard InChI is InChI=1S/C17H27N3OS/c1-5-6-9-20-15(10-13(2)3)12-22(21)17(20)19-16-7-8-18-11-14(16)4/h7-8,11,13,15H,5-6,9-10,12H2,1-4H3/t15-,22?/m0/s1. The minimum absolute atomic E-state index is 0.355. The number of unbranched alkanes of at least 4 members (excludes halogenated alkanes) is 1. The fraction of sp³-hybridized carbons (Fsp3) is 0.647. The van der Waals surface area contributed by atoms with Crippen molar-refractivity contribution >= 4 is 21.7 Å². The Labute approximate surface area is 136 Å². The van der Waals surface area contributed by atoms with E-state index in [9.17, 15) is 4.21 Å². The summed E-state index contributed by atoms with van der Waals surface area (Å²) >= 11 is 0. The van der Waals surface area contributed by atoms with Crippen molar-refractivity contribution in [3.63, 3.8) is 0 Å². The van der Waals surface area contributed by atoms with E-state index >= 15 is 0 Å². The van der Waals surface area contributed by atoms with Crippen molar-refractivity contribution < 1.29 is 4.21 Å². The van der Waals surface area contributed by atoms with Crippen molar-refractivity contribution in [2.24, 2.45) is 10.9 Å². The van der Waals surface area contributed by atoms with Crippen LogP contribution in [0.3, 0.4) is 0 Å². The maximum atomic E-state index is 12.6. The summed E-state index contributed by atoms with van der Waals surface area (Å²) in [5, 5.41) is 0.758. The summed E-state index contributed by atoms with van der Waals surface area (Å²) in [5.74, 6) is 1.32. The van der Waals surface area contributed by atoms with Gasteiger partial charge in [0, 0.05) is 25.0 Å². The molecule has 0 aliphatic carbocycles. The molecule has 1 aromatic rings. The molecule has 22 heavy (non-hydrogen) atoms. The van der Waals surface area contributed by atoms with E-state index < -0.39 is 10.8 Å². The van der Waals surface area contributed by atoms with Gasteiger partial charge < -0.3 is 4.90 Å². The van der Waals surface area contributed by atoms with Crippen LogP contribution >= 0.6 is 0 Å². The summed E-state index contributed by atoms with van der Waals surface area (Å²) in [7, 11) is -0.994. The SMILES string of the molecule is CCCCN1C(=Nc2ccncc2C)S(=O)C[C@@H]1CC(C)C. The van der Waals surface area contributed by atoms with Gasteiger partial charge in [-0.3, -0.25) is 9.19 Å². The Kier molecular flexibility index (Phi) is 6.12. The summed E-state index contributed by atoms with van der Waals surface area (Å²) in [5.41, 5.74) is 1.90. The first kappa shape index (κ1) is 17.1. The zero-order chi connectivity index (χ0) is 16.1. The molecule has 2 heterocycles. The molecule has 1 fully saturated rings. The van der Waals surface area contributed by atoms with E-state index in [1.54, 1.807) is 12.4 Å². The highest BCUT2D eigenvalue weighted by Gasteiger charge is 2.35. The molecule has 122 valence electrons. The monoisotopic (exact) mass is 321 g/mol. The van der Waals surface area contributed by atoms with Crippen LogP contribution in [0, 0.1) is 12.8 Å². The first-order chi connectivity index (χ1) is 10.5. The van der Waals surface area contributed by atoms with Gasteiger partial charge in [-0.2, -0.15) is 0 Å². The number of aromatic nitrogens is 1. The van der Waals surface area contributed by atoms with E-state index in [4.69, 9.17) is 4.99 Å². The van der Waals surface area contributed by atoms with Crippen LogP contribution in [0.25, 0.3) is 0 Å². The van der Waals surface area contributed by atoms with Gasteiger partial charge in [0.2, 0.25) is 0 Å². The van der Waals surface area contributed by atoms with Crippen molar-refractivity contribution in [3.8, 4) is 0 Å². The average Bonchev–Trinajstić information content (AvgIpc) is 2.74. The van der Waals surface area contributed by atoms with E-state index in [2.05, 4.69) is 30.7 Å². The van der Waals surface area contributed by atoms with E-state index in [-0.39, 0.29) is 0 Å².